The standard InChI is InChI=1S/C16H28N2/c1-4-10-18(11-5-2)13-15-6-8-16(9-7-15)14(3)12-17/h6-9,14H,4-5,10-13,17H2,1-3H3. The molecule has 0 radical (unpaired) electrons. The van der Waals surface area contributed by atoms with Crippen LogP contribution in [0.4, 0.5) is 0 Å². The highest BCUT2D eigenvalue weighted by atomic mass is 15.1. The molecule has 0 aliphatic rings. The van der Waals surface area contributed by atoms with Crippen LogP contribution < -0.4 is 5.73 Å². The van der Waals surface area contributed by atoms with E-state index in [-0.39, 0.29) is 0 Å². The van der Waals surface area contributed by atoms with Crippen LogP contribution in [0.3, 0.4) is 0 Å². The van der Waals surface area contributed by atoms with Crippen LogP contribution in [0.1, 0.15) is 50.7 Å². The first kappa shape index (κ1) is 15.2. The zero-order valence-corrected chi connectivity index (χ0v) is 12.2. The Morgan fingerprint density at radius 2 is 1.61 bits per heavy atom. The van der Waals surface area contributed by atoms with E-state index < -0.39 is 0 Å². The van der Waals surface area contributed by atoms with E-state index in [4.69, 9.17) is 5.73 Å². The number of rotatable bonds is 8. The van der Waals surface area contributed by atoms with Crippen LogP contribution in [0, 0.1) is 0 Å². The van der Waals surface area contributed by atoms with E-state index in [0.29, 0.717) is 5.92 Å². The first-order valence-electron chi connectivity index (χ1n) is 7.22. The molecule has 0 heterocycles. The Kier molecular flexibility index (Phi) is 6.99. The monoisotopic (exact) mass is 248 g/mol. The molecule has 0 spiro atoms. The Labute approximate surface area is 112 Å². The maximum atomic E-state index is 5.69. The third kappa shape index (κ3) is 4.79. The molecule has 18 heavy (non-hydrogen) atoms. The molecule has 1 rings (SSSR count). The molecule has 0 aliphatic heterocycles. The summed E-state index contributed by atoms with van der Waals surface area (Å²) in [5.41, 5.74) is 8.45. The molecule has 1 atom stereocenters. The summed E-state index contributed by atoms with van der Waals surface area (Å²) in [5.74, 6) is 0.460. The largest absolute Gasteiger partial charge is 0.330 e. The van der Waals surface area contributed by atoms with Crippen LogP contribution in [0.15, 0.2) is 24.3 Å². The summed E-state index contributed by atoms with van der Waals surface area (Å²) in [5, 5.41) is 0. The first-order chi connectivity index (χ1) is 8.71. The lowest BCUT2D eigenvalue weighted by Crippen LogP contribution is -2.24. The third-order valence-corrected chi connectivity index (χ3v) is 3.39. The fourth-order valence-electron chi connectivity index (χ4n) is 2.25. The van der Waals surface area contributed by atoms with Crippen LogP contribution in [0.2, 0.25) is 0 Å². The normalized spacial score (nSPS) is 12.9. The number of hydrogen-bond acceptors (Lipinski definition) is 2. The molecule has 0 saturated heterocycles. The zero-order valence-electron chi connectivity index (χ0n) is 12.2. The molecule has 1 aromatic carbocycles. The average Bonchev–Trinajstić information content (AvgIpc) is 2.39. The van der Waals surface area contributed by atoms with Gasteiger partial charge in [-0.2, -0.15) is 0 Å². The van der Waals surface area contributed by atoms with Crippen molar-refractivity contribution in [3.8, 4) is 0 Å². The van der Waals surface area contributed by atoms with Crippen molar-refractivity contribution in [2.75, 3.05) is 19.6 Å². The van der Waals surface area contributed by atoms with Gasteiger partial charge < -0.3 is 5.73 Å². The smallest absolute Gasteiger partial charge is 0.0233 e. The van der Waals surface area contributed by atoms with Crippen LogP contribution in [-0.4, -0.2) is 24.5 Å². The molecule has 0 aromatic heterocycles. The van der Waals surface area contributed by atoms with Crippen LogP contribution in [0.25, 0.3) is 0 Å². The summed E-state index contributed by atoms with van der Waals surface area (Å²) in [7, 11) is 0. The molecule has 0 bridgehead atoms. The molecule has 1 aromatic rings. The minimum atomic E-state index is 0.460. The SMILES string of the molecule is CCCN(CCC)Cc1ccc(C(C)CN)cc1. The van der Waals surface area contributed by atoms with Crippen LogP contribution in [-0.2, 0) is 6.54 Å². The number of nitrogens with two attached hydrogens (primary N) is 1. The van der Waals surface area contributed by atoms with E-state index in [1.54, 1.807) is 0 Å². The third-order valence-electron chi connectivity index (χ3n) is 3.39. The van der Waals surface area contributed by atoms with Gasteiger partial charge >= 0.3 is 0 Å². The lowest BCUT2D eigenvalue weighted by atomic mass is 10.00. The highest BCUT2D eigenvalue weighted by Gasteiger charge is 2.06. The van der Waals surface area contributed by atoms with Crippen molar-refractivity contribution in [1.29, 1.82) is 0 Å². The van der Waals surface area contributed by atoms with E-state index in [1.165, 1.54) is 37.1 Å². The zero-order chi connectivity index (χ0) is 13.4. The van der Waals surface area contributed by atoms with Gasteiger partial charge in [0.2, 0.25) is 0 Å². The van der Waals surface area contributed by atoms with Gasteiger partial charge in [-0.3, -0.25) is 4.90 Å². The highest BCUT2D eigenvalue weighted by molar-refractivity contribution is 5.25. The lowest BCUT2D eigenvalue weighted by Gasteiger charge is -2.21. The van der Waals surface area contributed by atoms with Gasteiger partial charge in [0.05, 0.1) is 0 Å². The van der Waals surface area contributed by atoms with Crippen molar-refractivity contribution in [2.45, 2.75) is 46.1 Å². The molecule has 0 aliphatic carbocycles. The van der Waals surface area contributed by atoms with Crippen LogP contribution >= 0.6 is 0 Å². The first-order valence-corrected chi connectivity index (χ1v) is 7.22. The van der Waals surface area contributed by atoms with Crippen molar-refractivity contribution in [2.24, 2.45) is 5.73 Å². The number of hydrogen-bond donors (Lipinski definition) is 1. The van der Waals surface area contributed by atoms with E-state index in [2.05, 4.69) is 49.9 Å². The van der Waals surface area contributed by atoms with Crippen molar-refractivity contribution in [1.82, 2.24) is 4.90 Å². The van der Waals surface area contributed by atoms with Gasteiger partial charge in [-0.15, -0.1) is 0 Å². The van der Waals surface area contributed by atoms with Crippen molar-refractivity contribution < 1.29 is 0 Å². The van der Waals surface area contributed by atoms with Crippen molar-refractivity contribution in [3.05, 3.63) is 35.4 Å². The Hall–Kier alpha value is -0.860. The van der Waals surface area contributed by atoms with Crippen LogP contribution in [0.5, 0.6) is 0 Å². The van der Waals surface area contributed by atoms with Gasteiger partial charge in [-0.1, -0.05) is 45.0 Å². The minimum absolute atomic E-state index is 0.460. The van der Waals surface area contributed by atoms with Gasteiger partial charge in [0, 0.05) is 6.54 Å². The highest BCUT2D eigenvalue weighted by Crippen LogP contribution is 2.15. The summed E-state index contributed by atoms with van der Waals surface area (Å²) in [6.45, 7) is 10.8. The Balaban J connectivity index is 2.60. The molecule has 0 fully saturated rings. The minimum Gasteiger partial charge on any atom is -0.330 e. The number of nitrogens with zero attached hydrogens (tertiary/aromatic N) is 1. The molecule has 2 heteroatoms. The van der Waals surface area contributed by atoms with Gasteiger partial charge in [-0.05, 0) is 49.5 Å². The molecule has 1 unspecified atom stereocenters. The lowest BCUT2D eigenvalue weighted by molar-refractivity contribution is 0.266. The molecule has 0 saturated carbocycles. The van der Waals surface area contributed by atoms with E-state index in [0.717, 1.165) is 13.1 Å². The van der Waals surface area contributed by atoms with Gasteiger partial charge in [0.1, 0.15) is 0 Å². The molecule has 0 amide bonds. The predicted octanol–water partition coefficient (Wildman–Crippen LogP) is 3.37. The van der Waals surface area contributed by atoms with Crippen molar-refractivity contribution >= 4 is 0 Å². The summed E-state index contributed by atoms with van der Waals surface area (Å²) < 4.78 is 0. The maximum Gasteiger partial charge on any atom is 0.0233 e. The van der Waals surface area contributed by atoms with E-state index in [1.807, 2.05) is 0 Å². The Morgan fingerprint density at radius 1 is 1.06 bits per heavy atom. The fraction of sp³-hybridized carbons (Fsp3) is 0.625. The van der Waals surface area contributed by atoms with Gasteiger partial charge in [0.15, 0.2) is 0 Å². The molecule has 2 nitrogen and oxygen atoms in total. The predicted molar refractivity (Wildman–Crippen MR) is 79.8 cm³/mol. The van der Waals surface area contributed by atoms with Crippen molar-refractivity contribution in [3.63, 3.8) is 0 Å². The average molecular weight is 248 g/mol. The topological polar surface area (TPSA) is 29.3 Å². The summed E-state index contributed by atoms with van der Waals surface area (Å²) >= 11 is 0. The maximum absolute atomic E-state index is 5.69. The molecular weight excluding hydrogens is 220 g/mol. The second kappa shape index (κ2) is 8.28. The summed E-state index contributed by atoms with van der Waals surface area (Å²) in [6.07, 6.45) is 2.45. The van der Waals surface area contributed by atoms with Gasteiger partial charge in [0.25, 0.3) is 0 Å². The molecule has 102 valence electrons. The summed E-state index contributed by atoms with van der Waals surface area (Å²) in [4.78, 5) is 2.53. The summed E-state index contributed by atoms with van der Waals surface area (Å²) in [6, 6.07) is 8.95. The molecular formula is C16H28N2. The fourth-order valence-corrected chi connectivity index (χ4v) is 2.25. The Morgan fingerprint density at radius 3 is 2.06 bits per heavy atom. The quantitative estimate of drug-likeness (QED) is 0.764. The second-order valence-electron chi connectivity index (χ2n) is 5.15. The van der Waals surface area contributed by atoms with E-state index in [9.17, 15) is 0 Å². The second-order valence-corrected chi connectivity index (χ2v) is 5.15. The molecule has 2 N–H and O–H groups in total. The van der Waals surface area contributed by atoms with E-state index >= 15 is 0 Å². The number of benzene rings is 1. The Bertz CT molecular complexity index is 312. The van der Waals surface area contributed by atoms with Gasteiger partial charge in [-0.25, -0.2) is 0 Å².